The van der Waals surface area contributed by atoms with E-state index in [1.165, 1.54) is 52.0 Å². The molecule has 0 radical (unpaired) electrons. The molecule has 0 amide bonds. The van der Waals surface area contributed by atoms with Gasteiger partial charge in [-0.3, -0.25) is 4.90 Å². The summed E-state index contributed by atoms with van der Waals surface area (Å²) in [6.07, 6.45) is 4.33. The van der Waals surface area contributed by atoms with Gasteiger partial charge in [-0.05, 0) is 50.7 Å². The van der Waals surface area contributed by atoms with Crippen LogP contribution in [-0.4, -0.2) is 48.6 Å². The first kappa shape index (κ1) is 12.4. The van der Waals surface area contributed by atoms with Crippen molar-refractivity contribution in [3.05, 3.63) is 0 Å². The number of nitrogens with zero attached hydrogens (tertiary/aromatic N) is 2. The Morgan fingerprint density at radius 2 is 1.75 bits per heavy atom. The van der Waals surface area contributed by atoms with Crippen LogP contribution in [0.4, 0.5) is 0 Å². The van der Waals surface area contributed by atoms with Gasteiger partial charge < -0.3 is 4.90 Å². The molecule has 0 spiro atoms. The zero-order valence-corrected chi connectivity index (χ0v) is 11.3. The third kappa shape index (κ3) is 2.98. The molecular formula is C14H28N2. The number of piperidine rings is 1. The molecule has 2 heterocycles. The van der Waals surface area contributed by atoms with E-state index >= 15 is 0 Å². The Labute approximate surface area is 101 Å². The first-order valence-corrected chi connectivity index (χ1v) is 7.15. The van der Waals surface area contributed by atoms with Crippen LogP contribution in [0.5, 0.6) is 0 Å². The topological polar surface area (TPSA) is 6.48 Å². The van der Waals surface area contributed by atoms with Crippen LogP contribution in [0.3, 0.4) is 0 Å². The van der Waals surface area contributed by atoms with Crippen molar-refractivity contribution in [2.75, 3.05) is 32.7 Å². The Hall–Kier alpha value is -0.0800. The summed E-state index contributed by atoms with van der Waals surface area (Å²) in [5.41, 5.74) is 0. The van der Waals surface area contributed by atoms with E-state index < -0.39 is 0 Å². The van der Waals surface area contributed by atoms with E-state index in [9.17, 15) is 0 Å². The van der Waals surface area contributed by atoms with Crippen LogP contribution >= 0.6 is 0 Å². The molecule has 0 aliphatic carbocycles. The molecular weight excluding hydrogens is 196 g/mol. The fraction of sp³-hybridized carbons (Fsp3) is 1.00. The van der Waals surface area contributed by atoms with Gasteiger partial charge in [0.25, 0.3) is 0 Å². The molecule has 0 bridgehead atoms. The number of rotatable bonds is 4. The van der Waals surface area contributed by atoms with E-state index in [1.54, 1.807) is 0 Å². The fourth-order valence-corrected chi connectivity index (χ4v) is 3.25. The van der Waals surface area contributed by atoms with Crippen molar-refractivity contribution in [2.24, 2.45) is 11.8 Å². The summed E-state index contributed by atoms with van der Waals surface area (Å²) in [5, 5.41) is 0. The van der Waals surface area contributed by atoms with Crippen molar-refractivity contribution in [1.29, 1.82) is 0 Å². The van der Waals surface area contributed by atoms with Gasteiger partial charge in [-0.15, -0.1) is 0 Å². The van der Waals surface area contributed by atoms with E-state index in [2.05, 4.69) is 30.6 Å². The minimum absolute atomic E-state index is 0.885. The van der Waals surface area contributed by atoms with Crippen molar-refractivity contribution in [3.8, 4) is 0 Å². The minimum Gasteiger partial charge on any atom is -0.300 e. The third-order valence-corrected chi connectivity index (χ3v) is 4.36. The first-order chi connectivity index (χ1) is 7.69. The lowest BCUT2D eigenvalue weighted by Gasteiger charge is -2.47. The lowest BCUT2D eigenvalue weighted by atomic mass is 9.87. The SMILES string of the molecule is CCN1CC(N2CCC(CC(C)C)CC2)C1. The van der Waals surface area contributed by atoms with Gasteiger partial charge in [-0.2, -0.15) is 0 Å². The highest BCUT2D eigenvalue weighted by Crippen LogP contribution is 2.27. The summed E-state index contributed by atoms with van der Waals surface area (Å²) >= 11 is 0. The standard InChI is InChI=1S/C14H28N2/c1-4-15-10-14(11-15)16-7-5-13(6-8-16)9-12(2)3/h12-14H,4-11H2,1-3H3. The first-order valence-electron chi connectivity index (χ1n) is 7.15. The van der Waals surface area contributed by atoms with Crippen LogP contribution in [0, 0.1) is 11.8 Å². The maximum atomic E-state index is 2.74. The van der Waals surface area contributed by atoms with Crippen molar-refractivity contribution >= 4 is 0 Å². The van der Waals surface area contributed by atoms with Crippen LogP contribution in [0.2, 0.25) is 0 Å². The molecule has 0 N–H and O–H groups in total. The molecule has 0 atom stereocenters. The molecule has 2 rings (SSSR count). The Balaban J connectivity index is 1.66. The molecule has 0 saturated carbocycles. The highest BCUT2D eigenvalue weighted by Gasteiger charge is 2.32. The Morgan fingerprint density at radius 3 is 2.25 bits per heavy atom. The highest BCUT2D eigenvalue weighted by atomic mass is 15.3. The lowest BCUT2D eigenvalue weighted by Crippen LogP contribution is -2.60. The normalized spacial score (nSPS) is 26.2. The zero-order chi connectivity index (χ0) is 11.5. The van der Waals surface area contributed by atoms with Gasteiger partial charge in [0.1, 0.15) is 0 Å². The van der Waals surface area contributed by atoms with Crippen LogP contribution in [0.1, 0.15) is 40.0 Å². The molecule has 16 heavy (non-hydrogen) atoms. The highest BCUT2D eigenvalue weighted by molar-refractivity contribution is 4.89. The maximum Gasteiger partial charge on any atom is 0.0350 e. The minimum atomic E-state index is 0.885. The van der Waals surface area contributed by atoms with E-state index in [-0.39, 0.29) is 0 Å². The van der Waals surface area contributed by atoms with Gasteiger partial charge in [0.15, 0.2) is 0 Å². The zero-order valence-electron chi connectivity index (χ0n) is 11.3. The van der Waals surface area contributed by atoms with E-state index in [0.717, 1.165) is 17.9 Å². The second-order valence-electron chi connectivity index (χ2n) is 6.11. The Morgan fingerprint density at radius 1 is 1.12 bits per heavy atom. The number of likely N-dealkylation sites (N-methyl/N-ethyl adjacent to an activating group) is 1. The fourth-order valence-electron chi connectivity index (χ4n) is 3.25. The van der Waals surface area contributed by atoms with Crippen molar-refractivity contribution < 1.29 is 0 Å². The summed E-state index contributed by atoms with van der Waals surface area (Å²) in [4.78, 5) is 5.29. The molecule has 0 unspecified atom stereocenters. The van der Waals surface area contributed by atoms with E-state index in [0.29, 0.717) is 0 Å². The maximum absolute atomic E-state index is 2.74. The quantitative estimate of drug-likeness (QED) is 0.724. The third-order valence-electron chi connectivity index (χ3n) is 4.36. The Kier molecular flexibility index (Phi) is 4.26. The number of hydrogen-bond acceptors (Lipinski definition) is 2. The van der Waals surface area contributed by atoms with Crippen molar-refractivity contribution in [2.45, 2.75) is 46.1 Å². The summed E-state index contributed by atoms with van der Waals surface area (Å²) in [6, 6.07) is 0.889. The lowest BCUT2D eigenvalue weighted by molar-refractivity contribution is 0.0157. The molecule has 94 valence electrons. The largest absolute Gasteiger partial charge is 0.300 e. The predicted octanol–water partition coefficient (Wildman–Crippen LogP) is 2.45. The van der Waals surface area contributed by atoms with E-state index in [4.69, 9.17) is 0 Å². The average molecular weight is 224 g/mol. The van der Waals surface area contributed by atoms with Gasteiger partial charge in [-0.25, -0.2) is 0 Å². The number of likely N-dealkylation sites (tertiary alicyclic amines) is 2. The molecule has 2 saturated heterocycles. The van der Waals surface area contributed by atoms with Gasteiger partial charge >= 0.3 is 0 Å². The predicted molar refractivity (Wildman–Crippen MR) is 69.7 cm³/mol. The monoisotopic (exact) mass is 224 g/mol. The van der Waals surface area contributed by atoms with Gasteiger partial charge in [0, 0.05) is 19.1 Å². The van der Waals surface area contributed by atoms with Crippen LogP contribution < -0.4 is 0 Å². The second-order valence-corrected chi connectivity index (χ2v) is 6.11. The molecule has 2 aliphatic rings. The second kappa shape index (κ2) is 5.50. The molecule has 2 nitrogen and oxygen atoms in total. The van der Waals surface area contributed by atoms with Gasteiger partial charge in [0.2, 0.25) is 0 Å². The molecule has 2 aliphatic heterocycles. The number of hydrogen-bond donors (Lipinski definition) is 0. The Bertz CT molecular complexity index is 201. The van der Waals surface area contributed by atoms with Gasteiger partial charge in [-0.1, -0.05) is 20.8 Å². The smallest absolute Gasteiger partial charge is 0.0350 e. The average Bonchev–Trinajstić information content (AvgIpc) is 2.18. The molecule has 0 aromatic heterocycles. The molecule has 0 aromatic rings. The summed E-state index contributed by atoms with van der Waals surface area (Å²) < 4.78 is 0. The summed E-state index contributed by atoms with van der Waals surface area (Å²) in [7, 11) is 0. The van der Waals surface area contributed by atoms with Crippen LogP contribution in [0.25, 0.3) is 0 Å². The summed E-state index contributed by atoms with van der Waals surface area (Å²) in [5.74, 6) is 1.90. The molecule has 2 heteroatoms. The van der Waals surface area contributed by atoms with Gasteiger partial charge in [0.05, 0.1) is 0 Å². The summed E-state index contributed by atoms with van der Waals surface area (Å²) in [6.45, 7) is 13.6. The molecule has 0 aromatic carbocycles. The van der Waals surface area contributed by atoms with Crippen LogP contribution in [-0.2, 0) is 0 Å². The molecule has 2 fully saturated rings. The van der Waals surface area contributed by atoms with E-state index in [1.807, 2.05) is 0 Å². The van der Waals surface area contributed by atoms with Crippen molar-refractivity contribution in [3.63, 3.8) is 0 Å². The van der Waals surface area contributed by atoms with Crippen LogP contribution in [0.15, 0.2) is 0 Å². The van der Waals surface area contributed by atoms with Crippen molar-refractivity contribution in [1.82, 2.24) is 9.80 Å².